The smallest absolute Gasteiger partial charge is 0.307 e. The van der Waals surface area contributed by atoms with Gasteiger partial charge in [0.2, 0.25) is 0 Å². The number of carboxylic acids is 1. The maximum Gasteiger partial charge on any atom is 0.307 e. The van der Waals surface area contributed by atoms with Gasteiger partial charge in [0.25, 0.3) is 0 Å². The summed E-state index contributed by atoms with van der Waals surface area (Å²) in [6.45, 7) is 0. The Hall–Kier alpha value is -1.97. The Morgan fingerprint density at radius 2 is 2.00 bits per heavy atom. The van der Waals surface area contributed by atoms with Gasteiger partial charge in [0, 0.05) is 24.7 Å². The highest BCUT2D eigenvalue weighted by Crippen LogP contribution is 2.48. The number of hydrogen-bond acceptors (Lipinski definition) is 3. The first-order chi connectivity index (χ1) is 9.16. The van der Waals surface area contributed by atoms with Crippen LogP contribution < -0.4 is 0 Å². The second kappa shape index (κ2) is 4.61. The van der Waals surface area contributed by atoms with Gasteiger partial charge in [-0.2, -0.15) is 0 Å². The van der Waals surface area contributed by atoms with E-state index in [0.717, 1.165) is 12.0 Å². The Bertz CT molecular complexity index is 538. The van der Waals surface area contributed by atoms with Crippen molar-refractivity contribution in [3.63, 3.8) is 0 Å². The van der Waals surface area contributed by atoms with Crippen LogP contribution in [0.2, 0.25) is 0 Å². The quantitative estimate of drug-likeness (QED) is 0.834. The molecule has 2 aliphatic carbocycles. The molecule has 0 aliphatic heterocycles. The normalized spacial score (nSPS) is 31.6. The summed E-state index contributed by atoms with van der Waals surface area (Å²) in [4.78, 5) is 27.7. The van der Waals surface area contributed by atoms with Gasteiger partial charge in [-0.15, -0.1) is 0 Å². The Morgan fingerprint density at radius 1 is 1.26 bits per heavy atom. The molecule has 0 spiro atoms. The van der Waals surface area contributed by atoms with Gasteiger partial charge in [-0.05, 0) is 29.9 Å². The summed E-state index contributed by atoms with van der Waals surface area (Å²) >= 11 is 0. The molecule has 0 saturated heterocycles. The molecule has 1 fully saturated rings. The number of rotatable bonds is 4. The van der Waals surface area contributed by atoms with Gasteiger partial charge >= 0.3 is 5.97 Å². The van der Waals surface area contributed by atoms with Crippen molar-refractivity contribution < 1.29 is 14.7 Å². The molecule has 1 heterocycles. The molecule has 0 amide bonds. The number of carbonyl (C=O) groups is 2. The third-order valence-corrected chi connectivity index (χ3v) is 4.22. The summed E-state index contributed by atoms with van der Waals surface area (Å²) in [6, 6.07) is 3.64. The molecule has 0 aromatic carbocycles. The fourth-order valence-electron chi connectivity index (χ4n) is 3.42. The van der Waals surface area contributed by atoms with E-state index in [-0.39, 0.29) is 30.0 Å². The molecule has 3 rings (SSSR count). The number of carbonyl (C=O) groups excluding carboxylic acids is 1. The van der Waals surface area contributed by atoms with Gasteiger partial charge in [0.1, 0.15) is 5.78 Å². The van der Waals surface area contributed by atoms with E-state index in [9.17, 15) is 14.7 Å². The third kappa shape index (κ3) is 2.07. The van der Waals surface area contributed by atoms with Crippen LogP contribution in [0.1, 0.15) is 12.0 Å². The van der Waals surface area contributed by atoms with Crippen LogP contribution in [0.5, 0.6) is 0 Å². The zero-order valence-corrected chi connectivity index (χ0v) is 10.4. The van der Waals surface area contributed by atoms with Gasteiger partial charge < -0.3 is 5.11 Å². The molecule has 2 bridgehead atoms. The van der Waals surface area contributed by atoms with Crippen LogP contribution in [0.15, 0.2) is 36.7 Å². The number of hydrogen-bond donors (Lipinski definition) is 1. The van der Waals surface area contributed by atoms with Crippen molar-refractivity contribution in [3.8, 4) is 0 Å². The minimum absolute atomic E-state index is 0.0252. The van der Waals surface area contributed by atoms with Crippen LogP contribution >= 0.6 is 0 Å². The van der Waals surface area contributed by atoms with E-state index < -0.39 is 11.9 Å². The molecular weight excluding hydrogens is 242 g/mol. The molecule has 1 aromatic rings. The largest absolute Gasteiger partial charge is 0.481 e. The number of allylic oxidation sites excluding steroid dienone is 2. The van der Waals surface area contributed by atoms with Crippen molar-refractivity contribution in [1.29, 1.82) is 0 Å². The van der Waals surface area contributed by atoms with Crippen LogP contribution in [0.3, 0.4) is 0 Å². The standard InChI is InChI=1S/C15H15NO3/c17-12(6-9-2-1-5-16-8-9)13-10-3-4-11(7-10)14(13)15(18)19/h1-5,8,10-11,13-14H,6-7H2,(H,18,19)/t10-,11+,13-,14+/m1/s1. The Balaban J connectivity index is 1.79. The molecule has 4 heteroatoms. The summed E-state index contributed by atoms with van der Waals surface area (Å²) in [5.74, 6) is -1.59. The Kier molecular flexibility index (Phi) is 2.93. The highest BCUT2D eigenvalue weighted by Gasteiger charge is 2.51. The van der Waals surface area contributed by atoms with E-state index >= 15 is 0 Å². The lowest BCUT2D eigenvalue weighted by Crippen LogP contribution is -2.33. The number of aromatic nitrogens is 1. The Labute approximate surface area is 111 Å². The minimum Gasteiger partial charge on any atom is -0.481 e. The SMILES string of the molecule is O=C(Cc1cccnc1)[C@@H]1[C@@H](C(=O)O)[C@H]2C=C[C@@H]1C2. The first-order valence-electron chi connectivity index (χ1n) is 6.49. The summed E-state index contributed by atoms with van der Waals surface area (Å²) in [6.07, 6.45) is 8.37. The monoisotopic (exact) mass is 257 g/mol. The van der Waals surface area contributed by atoms with Crippen molar-refractivity contribution in [2.24, 2.45) is 23.7 Å². The van der Waals surface area contributed by atoms with Gasteiger partial charge in [0.15, 0.2) is 0 Å². The average Bonchev–Trinajstić information content (AvgIpc) is 2.99. The van der Waals surface area contributed by atoms with Gasteiger partial charge in [-0.3, -0.25) is 14.6 Å². The molecule has 4 nitrogen and oxygen atoms in total. The van der Waals surface area contributed by atoms with Crippen LogP contribution in [0.4, 0.5) is 0 Å². The third-order valence-electron chi connectivity index (χ3n) is 4.22. The molecule has 98 valence electrons. The molecule has 0 unspecified atom stereocenters. The lowest BCUT2D eigenvalue weighted by molar-refractivity contribution is -0.147. The van der Waals surface area contributed by atoms with Crippen molar-refractivity contribution in [2.45, 2.75) is 12.8 Å². The van der Waals surface area contributed by atoms with E-state index in [2.05, 4.69) is 4.98 Å². The van der Waals surface area contributed by atoms with Crippen LogP contribution in [-0.4, -0.2) is 21.8 Å². The van der Waals surface area contributed by atoms with E-state index in [0.29, 0.717) is 0 Å². The summed E-state index contributed by atoms with van der Waals surface area (Å²) in [5.41, 5.74) is 0.850. The van der Waals surface area contributed by atoms with Gasteiger partial charge in [0.05, 0.1) is 5.92 Å². The molecule has 1 N–H and O–H groups in total. The fourth-order valence-corrected chi connectivity index (χ4v) is 3.42. The van der Waals surface area contributed by atoms with E-state index in [1.54, 1.807) is 18.5 Å². The lowest BCUT2D eigenvalue weighted by Gasteiger charge is -2.23. The maximum atomic E-state index is 12.4. The topological polar surface area (TPSA) is 67.3 Å². The first-order valence-corrected chi connectivity index (χ1v) is 6.49. The van der Waals surface area contributed by atoms with Crippen LogP contribution in [0.25, 0.3) is 0 Å². The minimum atomic E-state index is -0.846. The Morgan fingerprint density at radius 3 is 2.63 bits per heavy atom. The van der Waals surface area contributed by atoms with E-state index in [1.807, 2.05) is 18.2 Å². The number of ketones is 1. The van der Waals surface area contributed by atoms with Crippen molar-refractivity contribution in [1.82, 2.24) is 4.98 Å². The van der Waals surface area contributed by atoms with Crippen LogP contribution in [-0.2, 0) is 16.0 Å². The van der Waals surface area contributed by atoms with E-state index in [4.69, 9.17) is 0 Å². The predicted octanol–water partition coefficient (Wildman–Crippen LogP) is 1.72. The zero-order valence-electron chi connectivity index (χ0n) is 10.4. The molecule has 2 aliphatic rings. The van der Waals surface area contributed by atoms with Gasteiger partial charge in [-0.1, -0.05) is 18.2 Å². The average molecular weight is 257 g/mol. The number of nitrogens with zero attached hydrogens (tertiary/aromatic N) is 1. The summed E-state index contributed by atoms with van der Waals surface area (Å²) in [5, 5.41) is 9.32. The molecule has 4 atom stereocenters. The number of aliphatic carboxylic acids is 1. The molecular formula is C15H15NO3. The van der Waals surface area contributed by atoms with Crippen LogP contribution in [0, 0.1) is 23.7 Å². The second-order valence-corrected chi connectivity index (χ2v) is 5.34. The van der Waals surface area contributed by atoms with E-state index in [1.165, 1.54) is 0 Å². The molecule has 19 heavy (non-hydrogen) atoms. The maximum absolute atomic E-state index is 12.4. The lowest BCUT2D eigenvalue weighted by atomic mass is 9.79. The second-order valence-electron chi connectivity index (χ2n) is 5.34. The van der Waals surface area contributed by atoms with Gasteiger partial charge in [-0.25, -0.2) is 0 Å². The first kappa shape index (κ1) is 12.1. The fraction of sp³-hybridized carbons (Fsp3) is 0.400. The number of carboxylic acid groups (broad SMARTS) is 1. The highest BCUT2D eigenvalue weighted by molar-refractivity contribution is 5.89. The number of pyridine rings is 1. The zero-order chi connectivity index (χ0) is 13.4. The van der Waals surface area contributed by atoms with Crippen molar-refractivity contribution >= 4 is 11.8 Å². The molecule has 0 radical (unpaired) electrons. The summed E-state index contributed by atoms with van der Waals surface area (Å²) in [7, 11) is 0. The number of Topliss-reactive ketones (excluding diaryl/α,β-unsaturated/α-hetero) is 1. The van der Waals surface area contributed by atoms with Crippen molar-refractivity contribution in [2.75, 3.05) is 0 Å². The summed E-state index contributed by atoms with van der Waals surface area (Å²) < 4.78 is 0. The molecule has 1 aromatic heterocycles. The predicted molar refractivity (Wildman–Crippen MR) is 68.3 cm³/mol. The molecule has 1 saturated carbocycles. The highest BCUT2D eigenvalue weighted by atomic mass is 16.4. The van der Waals surface area contributed by atoms with Crippen molar-refractivity contribution in [3.05, 3.63) is 42.2 Å². The number of fused-ring (bicyclic) bond motifs is 2.